The van der Waals surface area contributed by atoms with Gasteiger partial charge in [0.25, 0.3) is 0 Å². The van der Waals surface area contributed by atoms with Crippen LogP contribution in [0.2, 0.25) is 0 Å². The van der Waals surface area contributed by atoms with E-state index >= 15 is 0 Å². The lowest BCUT2D eigenvalue weighted by atomic mass is 9.86. The summed E-state index contributed by atoms with van der Waals surface area (Å²) in [6.45, 7) is 2.14. The van der Waals surface area contributed by atoms with Crippen molar-refractivity contribution < 1.29 is 0 Å². The zero-order valence-corrected chi connectivity index (χ0v) is 14.1. The molecule has 0 radical (unpaired) electrons. The molecule has 1 aromatic carbocycles. The van der Waals surface area contributed by atoms with Crippen molar-refractivity contribution in [3.8, 4) is 0 Å². The van der Waals surface area contributed by atoms with E-state index < -0.39 is 0 Å². The number of likely N-dealkylation sites (N-methyl/N-ethyl adjacent to an activating group) is 1. The number of aromatic amines is 1. The molecular weight excluding hydrogens is 296 g/mol. The lowest BCUT2D eigenvalue weighted by Gasteiger charge is -2.40. The third-order valence-corrected chi connectivity index (χ3v) is 5.24. The smallest absolute Gasteiger partial charge is 0.139 e. The van der Waals surface area contributed by atoms with Gasteiger partial charge in [-0.15, -0.1) is 0 Å². The normalized spacial score (nSPS) is 21.0. The number of piperidine rings is 1. The molecule has 0 aliphatic carbocycles. The maximum absolute atomic E-state index is 4.42. The molecule has 1 saturated heterocycles. The minimum absolute atomic E-state index is 0.486. The molecule has 2 aromatic heterocycles. The summed E-state index contributed by atoms with van der Waals surface area (Å²) in [6, 6.07) is 15.6. The Balaban J connectivity index is 1.61. The highest BCUT2D eigenvalue weighted by Crippen LogP contribution is 2.30. The van der Waals surface area contributed by atoms with Crippen LogP contribution in [0, 0.1) is 5.92 Å². The summed E-state index contributed by atoms with van der Waals surface area (Å²) in [4.78, 5) is 10.1. The summed E-state index contributed by atoms with van der Waals surface area (Å²) in [7, 11) is 2.22. The van der Waals surface area contributed by atoms with Crippen molar-refractivity contribution in [2.75, 3.05) is 25.0 Å². The molecule has 0 spiro atoms. The molecule has 124 valence electrons. The van der Waals surface area contributed by atoms with E-state index in [2.05, 4.69) is 69.7 Å². The number of rotatable bonds is 4. The van der Waals surface area contributed by atoms with Crippen molar-refractivity contribution in [3.05, 3.63) is 60.4 Å². The molecule has 2 N–H and O–H groups in total. The van der Waals surface area contributed by atoms with Crippen LogP contribution < -0.4 is 10.2 Å². The van der Waals surface area contributed by atoms with Crippen molar-refractivity contribution in [1.29, 1.82) is 0 Å². The number of anilines is 1. The molecule has 0 saturated carbocycles. The topological polar surface area (TPSA) is 44.0 Å². The van der Waals surface area contributed by atoms with E-state index in [0.717, 1.165) is 25.2 Å². The second kappa shape index (κ2) is 6.65. The predicted molar refractivity (Wildman–Crippen MR) is 99.4 cm³/mol. The van der Waals surface area contributed by atoms with Crippen LogP contribution in [-0.2, 0) is 6.42 Å². The van der Waals surface area contributed by atoms with E-state index in [0.29, 0.717) is 12.0 Å². The van der Waals surface area contributed by atoms with Crippen molar-refractivity contribution in [2.45, 2.75) is 18.9 Å². The number of nitrogens with zero attached hydrogens (tertiary/aromatic N) is 2. The van der Waals surface area contributed by atoms with Gasteiger partial charge < -0.3 is 15.2 Å². The first-order valence-electron chi connectivity index (χ1n) is 8.72. The van der Waals surface area contributed by atoms with Crippen LogP contribution in [0.25, 0.3) is 11.0 Å². The van der Waals surface area contributed by atoms with E-state index in [1.54, 1.807) is 0 Å². The van der Waals surface area contributed by atoms with Gasteiger partial charge in [-0.1, -0.05) is 30.3 Å². The van der Waals surface area contributed by atoms with Crippen LogP contribution in [0.5, 0.6) is 0 Å². The number of hydrogen-bond donors (Lipinski definition) is 2. The largest absolute Gasteiger partial charge is 0.369 e. The van der Waals surface area contributed by atoms with Crippen LogP contribution in [0.1, 0.15) is 12.0 Å². The Hall–Kier alpha value is -2.33. The summed E-state index contributed by atoms with van der Waals surface area (Å²) in [6.07, 6.45) is 6.22. The number of hydrogen-bond acceptors (Lipinski definition) is 3. The predicted octanol–water partition coefficient (Wildman–Crippen LogP) is 3.22. The fourth-order valence-corrected chi connectivity index (χ4v) is 3.94. The third kappa shape index (κ3) is 2.89. The van der Waals surface area contributed by atoms with E-state index in [4.69, 9.17) is 0 Å². The highest BCUT2D eigenvalue weighted by molar-refractivity contribution is 5.89. The number of H-pyrrole nitrogens is 1. The van der Waals surface area contributed by atoms with Crippen molar-refractivity contribution in [3.63, 3.8) is 0 Å². The molecule has 4 heteroatoms. The first kappa shape index (κ1) is 15.2. The average Bonchev–Trinajstić information content (AvgIpc) is 3.11. The molecule has 0 unspecified atom stereocenters. The van der Waals surface area contributed by atoms with Crippen molar-refractivity contribution >= 4 is 16.7 Å². The van der Waals surface area contributed by atoms with Gasteiger partial charge in [0, 0.05) is 43.1 Å². The number of nitrogens with one attached hydrogen (secondary N) is 2. The van der Waals surface area contributed by atoms with Crippen molar-refractivity contribution in [2.24, 2.45) is 5.92 Å². The van der Waals surface area contributed by atoms with Crippen molar-refractivity contribution in [1.82, 2.24) is 15.3 Å². The van der Waals surface area contributed by atoms with E-state index in [1.807, 2.05) is 12.4 Å². The lowest BCUT2D eigenvalue weighted by Crippen LogP contribution is -2.50. The molecule has 4 nitrogen and oxygen atoms in total. The molecule has 0 bridgehead atoms. The van der Waals surface area contributed by atoms with Gasteiger partial charge in [0.05, 0.1) is 0 Å². The molecule has 0 amide bonds. The summed E-state index contributed by atoms with van der Waals surface area (Å²) >= 11 is 0. The first-order chi connectivity index (χ1) is 11.8. The number of pyridine rings is 1. The summed E-state index contributed by atoms with van der Waals surface area (Å²) in [5.74, 6) is 0.654. The number of aromatic nitrogens is 2. The molecule has 1 fully saturated rings. The Morgan fingerprint density at radius 2 is 2.04 bits per heavy atom. The minimum atomic E-state index is 0.486. The fraction of sp³-hybridized carbons (Fsp3) is 0.350. The van der Waals surface area contributed by atoms with Crippen LogP contribution in [-0.4, -0.2) is 36.1 Å². The van der Waals surface area contributed by atoms with Gasteiger partial charge in [0.1, 0.15) is 5.65 Å². The summed E-state index contributed by atoms with van der Waals surface area (Å²) < 4.78 is 0. The molecule has 24 heavy (non-hydrogen) atoms. The van der Waals surface area contributed by atoms with E-state index in [9.17, 15) is 0 Å². The Labute approximate surface area is 142 Å². The second-order valence-corrected chi connectivity index (χ2v) is 6.69. The quantitative estimate of drug-likeness (QED) is 0.776. The highest BCUT2D eigenvalue weighted by atomic mass is 15.2. The zero-order valence-electron chi connectivity index (χ0n) is 14.1. The van der Waals surface area contributed by atoms with Gasteiger partial charge in [0.2, 0.25) is 0 Å². The molecule has 2 atom stereocenters. The van der Waals surface area contributed by atoms with Crippen LogP contribution >= 0.6 is 0 Å². The summed E-state index contributed by atoms with van der Waals surface area (Å²) in [5.41, 5.74) is 3.65. The Morgan fingerprint density at radius 3 is 2.92 bits per heavy atom. The maximum Gasteiger partial charge on any atom is 0.139 e. The molecule has 1 aliphatic heterocycles. The lowest BCUT2D eigenvalue weighted by molar-refractivity contribution is 0.314. The van der Waals surface area contributed by atoms with Gasteiger partial charge in [-0.25, -0.2) is 4.98 Å². The number of benzene rings is 1. The second-order valence-electron chi connectivity index (χ2n) is 6.69. The monoisotopic (exact) mass is 320 g/mol. The third-order valence-electron chi connectivity index (χ3n) is 5.24. The Bertz CT molecular complexity index is 796. The summed E-state index contributed by atoms with van der Waals surface area (Å²) in [5, 5.41) is 4.78. The Morgan fingerprint density at radius 1 is 1.17 bits per heavy atom. The van der Waals surface area contributed by atoms with Gasteiger partial charge in [0.15, 0.2) is 0 Å². The average molecular weight is 320 g/mol. The molecule has 3 heterocycles. The zero-order chi connectivity index (χ0) is 16.4. The fourth-order valence-electron chi connectivity index (χ4n) is 3.94. The molecule has 4 rings (SSSR count). The minimum Gasteiger partial charge on any atom is -0.369 e. The SMILES string of the molecule is CN(c1ccnc2[nH]ccc12)[C@H]1CNCC[C@H]1Cc1ccccc1. The van der Waals surface area contributed by atoms with Gasteiger partial charge in [-0.3, -0.25) is 0 Å². The first-order valence-corrected chi connectivity index (χ1v) is 8.72. The Kier molecular flexibility index (Phi) is 4.22. The van der Waals surface area contributed by atoms with Gasteiger partial charge >= 0.3 is 0 Å². The molecule has 1 aliphatic rings. The van der Waals surface area contributed by atoms with Crippen LogP contribution in [0.4, 0.5) is 5.69 Å². The van der Waals surface area contributed by atoms with E-state index in [-0.39, 0.29) is 0 Å². The molecular formula is C20H24N4. The van der Waals surface area contributed by atoms with Gasteiger partial charge in [-0.2, -0.15) is 0 Å². The highest BCUT2D eigenvalue weighted by Gasteiger charge is 2.29. The maximum atomic E-state index is 4.42. The molecule has 3 aromatic rings. The number of fused-ring (bicyclic) bond motifs is 1. The van der Waals surface area contributed by atoms with E-state index in [1.165, 1.54) is 23.1 Å². The van der Waals surface area contributed by atoms with Crippen LogP contribution in [0.15, 0.2) is 54.9 Å². The standard InChI is InChI=1S/C20H24N4/c1-24(18-9-12-23-20-17(18)8-11-22-20)19-14-21-10-7-16(19)13-15-5-3-2-4-6-15/h2-6,8-9,11-12,16,19,21H,7,10,13-14H2,1H3,(H,22,23)/t16-,19-/m0/s1. The van der Waals surface area contributed by atoms with Crippen LogP contribution in [0.3, 0.4) is 0 Å². The van der Waals surface area contributed by atoms with Gasteiger partial charge in [-0.05, 0) is 43.0 Å².